The molecule has 0 aromatic heterocycles. The normalized spacial score (nSPS) is 21.8. The zero-order valence-electron chi connectivity index (χ0n) is 11.3. The first kappa shape index (κ1) is 13.9. The fourth-order valence-electron chi connectivity index (χ4n) is 2.50. The van der Waals surface area contributed by atoms with Crippen LogP contribution in [0.1, 0.15) is 30.5 Å². The van der Waals surface area contributed by atoms with Crippen LogP contribution in [0.25, 0.3) is 0 Å². The van der Waals surface area contributed by atoms with Crippen molar-refractivity contribution in [3.05, 3.63) is 35.4 Å². The summed E-state index contributed by atoms with van der Waals surface area (Å²) in [6, 6.07) is 9.24. The first-order chi connectivity index (χ1) is 8.85. The van der Waals surface area contributed by atoms with Gasteiger partial charge >= 0.3 is 0 Å². The minimum Gasteiger partial charge on any atom is -0.375 e. The van der Waals surface area contributed by atoms with Crippen LogP contribution in [0.2, 0.25) is 0 Å². The Bertz CT molecular complexity index is 363. The van der Waals surface area contributed by atoms with Gasteiger partial charge in [-0.2, -0.15) is 11.8 Å². The zero-order chi connectivity index (χ0) is 12.8. The van der Waals surface area contributed by atoms with Crippen LogP contribution in [0.4, 0.5) is 0 Å². The maximum atomic E-state index is 5.90. The first-order valence-corrected chi connectivity index (χ1v) is 7.96. The number of rotatable bonds is 5. The number of hydrogen-bond donors (Lipinski definition) is 1. The molecule has 2 atom stereocenters. The van der Waals surface area contributed by atoms with Gasteiger partial charge < -0.3 is 10.1 Å². The van der Waals surface area contributed by atoms with E-state index in [0.29, 0.717) is 12.1 Å². The van der Waals surface area contributed by atoms with Crippen molar-refractivity contribution in [1.29, 1.82) is 0 Å². The largest absolute Gasteiger partial charge is 0.375 e. The number of benzene rings is 1. The van der Waals surface area contributed by atoms with E-state index in [4.69, 9.17) is 4.74 Å². The van der Waals surface area contributed by atoms with E-state index in [0.717, 1.165) is 24.5 Å². The Morgan fingerprint density at radius 3 is 3.06 bits per heavy atom. The number of aryl methyl sites for hydroxylation is 1. The highest BCUT2D eigenvalue weighted by Gasteiger charge is 2.24. The van der Waals surface area contributed by atoms with Crippen molar-refractivity contribution in [3.63, 3.8) is 0 Å². The molecule has 0 amide bonds. The molecule has 1 saturated heterocycles. The molecule has 2 unspecified atom stereocenters. The summed E-state index contributed by atoms with van der Waals surface area (Å²) in [6.45, 7) is 3.10. The Balaban J connectivity index is 2.12. The summed E-state index contributed by atoms with van der Waals surface area (Å²) < 4.78 is 5.90. The van der Waals surface area contributed by atoms with Crippen LogP contribution in [-0.4, -0.2) is 31.3 Å². The second kappa shape index (κ2) is 7.17. The van der Waals surface area contributed by atoms with Crippen LogP contribution in [0, 0.1) is 0 Å². The fourth-order valence-corrected chi connectivity index (χ4v) is 3.40. The molecule has 1 aliphatic heterocycles. The molecule has 100 valence electrons. The molecule has 3 heteroatoms. The Labute approximate surface area is 114 Å². The van der Waals surface area contributed by atoms with Crippen molar-refractivity contribution in [2.24, 2.45) is 0 Å². The molecule has 2 rings (SSSR count). The van der Waals surface area contributed by atoms with E-state index in [1.165, 1.54) is 17.5 Å². The van der Waals surface area contributed by atoms with Gasteiger partial charge in [0, 0.05) is 11.5 Å². The van der Waals surface area contributed by atoms with Crippen LogP contribution in [0.3, 0.4) is 0 Å². The maximum Gasteiger partial charge on any atom is 0.0860 e. The molecule has 1 aromatic carbocycles. The van der Waals surface area contributed by atoms with Gasteiger partial charge in [-0.15, -0.1) is 0 Å². The summed E-state index contributed by atoms with van der Waals surface area (Å²) in [4.78, 5) is 0. The molecule has 2 nitrogen and oxygen atoms in total. The predicted molar refractivity (Wildman–Crippen MR) is 79.3 cm³/mol. The van der Waals surface area contributed by atoms with Crippen molar-refractivity contribution < 1.29 is 4.74 Å². The Kier molecular flexibility index (Phi) is 5.54. The van der Waals surface area contributed by atoms with Crippen LogP contribution in [0.5, 0.6) is 0 Å². The van der Waals surface area contributed by atoms with E-state index in [1.54, 1.807) is 0 Å². The van der Waals surface area contributed by atoms with Gasteiger partial charge in [-0.3, -0.25) is 0 Å². The van der Waals surface area contributed by atoms with Crippen molar-refractivity contribution in [3.8, 4) is 0 Å². The van der Waals surface area contributed by atoms with Crippen molar-refractivity contribution in [1.82, 2.24) is 5.32 Å². The highest BCUT2D eigenvalue weighted by molar-refractivity contribution is 7.99. The van der Waals surface area contributed by atoms with Gasteiger partial charge in [0.1, 0.15) is 0 Å². The zero-order valence-corrected chi connectivity index (χ0v) is 12.1. The van der Waals surface area contributed by atoms with E-state index in [-0.39, 0.29) is 0 Å². The summed E-state index contributed by atoms with van der Waals surface area (Å²) in [5, 5.41) is 3.42. The Morgan fingerprint density at radius 2 is 2.39 bits per heavy atom. The molecule has 0 saturated carbocycles. The molecular formula is C15H23NOS. The molecule has 0 aliphatic carbocycles. The molecule has 0 spiro atoms. The lowest BCUT2D eigenvalue weighted by atomic mass is 9.98. The number of likely N-dealkylation sites (N-methyl/N-ethyl adjacent to an activating group) is 1. The molecule has 0 bridgehead atoms. The third-order valence-electron chi connectivity index (χ3n) is 3.37. The maximum absolute atomic E-state index is 5.90. The quantitative estimate of drug-likeness (QED) is 0.884. The number of hydrogen-bond acceptors (Lipinski definition) is 3. The molecule has 0 radical (unpaired) electrons. The molecule has 1 fully saturated rings. The predicted octanol–water partition coefficient (Wildman–Crippen LogP) is 3.03. The van der Waals surface area contributed by atoms with Gasteiger partial charge in [0.2, 0.25) is 0 Å². The third kappa shape index (κ3) is 3.50. The third-order valence-corrected chi connectivity index (χ3v) is 4.39. The number of nitrogens with one attached hydrogen (secondary N) is 1. The van der Waals surface area contributed by atoms with Gasteiger partial charge in [0.25, 0.3) is 0 Å². The average Bonchev–Trinajstić information content (AvgIpc) is 2.42. The van der Waals surface area contributed by atoms with Crippen molar-refractivity contribution in [2.45, 2.75) is 31.9 Å². The lowest BCUT2D eigenvalue weighted by molar-refractivity contribution is 0.0488. The molecule has 1 aliphatic rings. The highest BCUT2D eigenvalue weighted by Crippen LogP contribution is 2.26. The Hall–Kier alpha value is -0.510. The molecular weight excluding hydrogens is 242 g/mol. The summed E-state index contributed by atoms with van der Waals surface area (Å²) in [7, 11) is 2.03. The minimum atomic E-state index is 0.297. The van der Waals surface area contributed by atoms with Crippen LogP contribution >= 0.6 is 11.8 Å². The summed E-state index contributed by atoms with van der Waals surface area (Å²) in [6.07, 6.45) is 2.65. The number of ether oxygens (including phenoxy) is 1. The van der Waals surface area contributed by atoms with Crippen LogP contribution in [-0.2, 0) is 11.2 Å². The van der Waals surface area contributed by atoms with Gasteiger partial charge in [-0.05, 0) is 24.6 Å². The number of thioether (sulfide) groups is 1. The SMILES string of the molecule is CCCc1cccc(C(NC)C2CSCCO2)c1. The molecule has 1 N–H and O–H groups in total. The van der Waals surface area contributed by atoms with E-state index in [1.807, 2.05) is 18.8 Å². The summed E-state index contributed by atoms with van der Waals surface area (Å²) in [5.41, 5.74) is 2.79. The van der Waals surface area contributed by atoms with Gasteiger partial charge in [0.15, 0.2) is 0 Å². The Morgan fingerprint density at radius 1 is 1.50 bits per heavy atom. The van der Waals surface area contributed by atoms with Crippen LogP contribution < -0.4 is 5.32 Å². The lowest BCUT2D eigenvalue weighted by Crippen LogP contribution is -2.36. The second-order valence-corrected chi connectivity index (χ2v) is 5.90. The van der Waals surface area contributed by atoms with E-state index in [9.17, 15) is 0 Å². The summed E-state index contributed by atoms with van der Waals surface area (Å²) in [5.74, 6) is 2.21. The molecule has 1 aromatic rings. The molecule has 18 heavy (non-hydrogen) atoms. The molecule has 1 heterocycles. The standard InChI is InChI=1S/C15H23NOS/c1-3-5-12-6-4-7-13(10-12)15(16-2)14-11-18-9-8-17-14/h4,6-7,10,14-16H,3,5,8-9,11H2,1-2H3. The smallest absolute Gasteiger partial charge is 0.0860 e. The minimum absolute atomic E-state index is 0.297. The topological polar surface area (TPSA) is 21.3 Å². The summed E-state index contributed by atoms with van der Waals surface area (Å²) >= 11 is 1.99. The van der Waals surface area contributed by atoms with Crippen LogP contribution in [0.15, 0.2) is 24.3 Å². The van der Waals surface area contributed by atoms with Crippen molar-refractivity contribution in [2.75, 3.05) is 25.2 Å². The van der Waals surface area contributed by atoms with Gasteiger partial charge in [-0.1, -0.05) is 37.6 Å². The van der Waals surface area contributed by atoms with E-state index >= 15 is 0 Å². The lowest BCUT2D eigenvalue weighted by Gasteiger charge is -2.30. The second-order valence-electron chi connectivity index (χ2n) is 4.75. The van der Waals surface area contributed by atoms with Crippen molar-refractivity contribution >= 4 is 11.8 Å². The van der Waals surface area contributed by atoms with Gasteiger partial charge in [-0.25, -0.2) is 0 Å². The average molecular weight is 265 g/mol. The highest BCUT2D eigenvalue weighted by atomic mass is 32.2. The van der Waals surface area contributed by atoms with E-state index in [2.05, 4.69) is 36.5 Å². The fraction of sp³-hybridized carbons (Fsp3) is 0.600. The van der Waals surface area contributed by atoms with Gasteiger partial charge in [0.05, 0.1) is 18.8 Å². The van der Waals surface area contributed by atoms with E-state index < -0.39 is 0 Å². The monoisotopic (exact) mass is 265 g/mol. The first-order valence-electron chi connectivity index (χ1n) is 6.80.